The molecule has 2 aromatic rings. The van der Waals surface area contributed by atoms with Crippen LogP contribution in [0.15, 0.2) is 24.4 Å². The van der Waals surface area contributed by atoms with Gasteiger partial charge in [0.25, 0.3) is 0 Å². The summed E-state index contributed by atoms with van der Waals surface area (Å²) in [7, 11) is 0. The lowest BCUT2D eigenvalue weighted by atomic mass is 9.75. The molecule has 3 heteroatoms. The predicted molar refractivity (Wildman–Crippen MR) is 86.2 cm³/mol. The van der Waals surface area contributed by atoms with Gasteiger partial charge in [-0.2, -0.15) is 0 Å². The van der Waals surface area contributed by atoms with Crippen molar-refractivity contribution < 1.29 is 0 Å². The Hall–Kier alpha value is -0.990. The first kappa shape index (κ1) is 14.0. The highest BCUT2D eigenvalue weighted by molar-refractivity contribution is 6.31. The van der Waals surface area contributed by atoms with E-state index >= 15 is 0 Å². The topological polar surface area (TPSA) is 27.8 Å². The zero-order chi connectivity index (χ0) is 14.2. The molecule has 0 atom stereocenters. The molecule has 0 spiro atoms. The molecule has 0 aliphatic heterocycles. The van der Waals surface area contributed by atoms with E-state index in [1.807, 2.05) is 12.1 Å². The molecule has 0 saturated heterocycles. The molecule has 1 aromatic carbocycles. The van der Waals surface area contributed by atoms with Gasteiger partial charge in [0.2, 0.25) is 0 Å². The third-order valence-corrected chi connectivity index (χ3v) is 4.88. The van der Waals surface area contributed by atoms with Gasteiger partial charge in [0.1, 0.15) is 0 Å². The SMILES string of the molecule is CC1(C)CCC(NCc2c[nH]c3cc(Cl)ccc23)CC1. The number of H-pyrrole nitrogens is 1. The first-order valence-corrected chi connectivity index (χ1v) is 7.90. The predicted octanol–water partition coefficient (Wildman–Crippen LogP) is 4.88. The Labute approximate surface area is 125 Å². The van der Waals surface area contributed by atoms with Crippen LogP contribution < -0.4 is 5.32 Å². The van der Waals surface area contributed by atoms with Crippen molar-refractivity contribution in [1.29, 1.82) is 0 Å². The maximum Gasteiger partial charge on any atom is 0.0472 e. The lowest BCUT2D eigenvalue weighted by molar-refractivity contribution is 0.206. The summed E-state index contributed by atoms with van der Waals surface area (Å²) in [6.07, 6.45) is 7.34. The Morgan fingerprint density at radius 2 is 2.05 bits per heavy atom. The van der Waals surface area contributed by atoms with Crippen LogP contribution in [0, 0.1) is 5.41 Å². The van der Waals surface area contributed by atoms with Crippen molar-refractivity contribution in [3.05, 3.63) is 35.0 Å². The smallest absolute Gasteiger partial charge is 0.0472 e. The van der Waals surface area contributed by atoms with Crippen LogP contribution >= 0.6 is 11.6 Å². The Morgan fingerprint density at radius 1 is 1.30 bits per heavy atom. The lowest BCUT2D eigenvalue weighted by Gasteiger charge is -2.34. The molecule has 1 heterocycles. The third-order valence-electron chi connectivity index (χ3n) is 4.65. The number of rotatable bonds is 3. The number of hydrogen-bond acceptors (Lipinski definition) is 1. The third kappa shape index (κ3) is 3.02. The van der Waals surface area contributed by atoms with Crippen LogP contribution in [0.1, 0.15) is 45.1 Å². The number of nitrogens with one attached hydrogen (secondary N) is 2. The van der Waals surface area contributed by atoms with E-state index in [2.05, 4.69) is 36.4 Å². The van der Waals surface area contributed by atoms with Crippen molar-refractivity contribution in [3.63, 3.8) is 0 Å². The fraction of sp³-hybridized carbons (Fsp3) is 0.529. The van der Waals surface area contributed by atoms with Gasteiger partial charge in [0.15, 0.2) is 0 Å². The summed E-state index contributed by atoms with van der Waals surface area (Å²) < 4.78 is 0. The van der Waals surface area contributed by atoms with Crippen molar-refractivity contribution >= 4 is 22.5 Å². The fourth-order valence-electron chi connectivity index (χ4n) is 3.16. The molecule has 1 saturated carbocycles. The summed E-state index contributed by atoms with van der Waals surface area (Å²) in [5.74, 6) is 0. The molecule has 1 aromatic heterocycles. The summed E-state index contributed by atoms with van der Waals surface area (Å²) in [5, 5.41) is 5.78. The van der Waals surface area contributed by atoms with Gasteiger partial charge >= 0.3 is 0 Å². The molecule has 108 valence electrons. The zero-order valence-electron chi connectivity index (χ0n) is 12.3. The van der Waals surface area contributed by atoms with E-state index in [1.165, 1.54) is 36.6 Å². The average molecular weight is 291 g/mol. The van der Waals surface area contributed by atoms with Crippen LogP contribution in [0.5, 0.6) is 0 Å². The van der Waals surface area contributed by atoms with Crippen LogP contribution in [0.3, 0.4) is 0 Å². The molecule has 1 fully saturated rings. The number of hydrogen-bond donors (Lipinski definition) is 2. The van der Waals surface area contributed by atoms with Gasteiger partial charge in [-0.15, -0.1) is 0 Å². The van der Waals surface area contributed by atoms with Crippen LogP contribution in [0.25, 0.3) is 10.9 Å². The monoisotopic (exact) mass is 290 g/mol. The van der Waals surface area contributed by atoms with Gasteiger partial charge in [-0.25, -0.2) is 0 Å². The normalized spacial score (nSPS) is 19.6. The largest absolute Gasteiger partial charge is 0.361 e. The maximum absolute atomic E-state index is 6.02. The minimum absolute atomic E-state index is 0.537. The fourth-order valence-corrected chi connectivity index (χ4v) is 3.33. The summed E-state index contributed by atoms with van der Waals surface area (Å²) in [4.78, 5) is 3.31. The first-order valence-electron chi connectivity index (χ1n) is 7.52. The second kappa shape index (κ2) is 5.42. The van der Waals surface area contributed by atoms with Gasteiger partial charge in [-0.3, -0.25) is 0 Å². The number of benzene rings is 1. The number of halogens is 1. The van der Waals surface area contributed by atoms with E-state index in [0.717, 1.165) is 17.1 Å². The highest BCUT2D eigenvalue weighted by atomic mass is 35.5. The highest BCUT2D eigenvalue weighted by Crippen LogP contribution is 2.35. The lowest BCUT2D eigenvalue weighted by Crippen LogP contribution is -2.35. The molecular weight excluding hydrogens is 268 g/mol. The van der Waals surface area contributed by atoms with Crippen molar-refractivity contribution in [1.82, 2.24) is 10.3 Å². The molecular formula is C17H23ClN2. The van der Waals surface area contributed by atoms with Gasteiger partial charge in [-0.05, 0) is 48.8 Å². The molecule has 2 N–H and O–H groups in total. The first-order chi connectivity index (χ1) is 9.53. The van der Waals surface area contributed by atoms with Crippen molar-refractivity contribution in [2.75, 3.05) is 0 Å². The molecule has 0 amide bonds. The average Bonchev–Trinajstić information content (AvgIpc) is 2.80. The second-order valence-electron chi connectivity index (χ2n) is 6.82. The standard InChI is InChI=1S/C17H23ClN2/c1-17(2)7-5-14(6-8-17)19-10-12-11-20-16-9-13(18)3-4-15(12)16/h3-4,9,11,14,19-20H,5-8,10H2,1-2H3. The zero-order valence-corrected chi connectivity index (χ0v) is 13.1. The van der Waals surface area contributed by atoms with Crippen LogP contribution in [0.4, 0.5) is 0 Å². The van der Waals surface area contributed by atoms with Crippen molar-refractivity contribution in [3.8, 4) is 0 Å². The van der Waals surface area contributed by atoms with Crippen molar-refractivity contribution in [2.24, 2.45) is 5.41 Å². The van der Waals surface area contributed by atoms with E-state index in [4.69, 9.17) is 11.6 Å². The minimum atomic E-state index is 0.537. The molecule has 0 unspecified atom stereocenters. The van der Waals surface area contributed by atoms with Crippen LogP contribution in [0.2, 0.25) is 5.02 Å². The number of aromatic nitrogens is 1. The van der Waals surface area contributed by atoms with Gasteiger partial charge in [-0.1, -0.05) is 31.5 Å². The van der Waals surface area contributed by atoms with E-state index < -0.39 is 0 Å². The Bertz CT molecular complexity index is 590. The van der Waals surface area contributed by atoms with Gasteiger partial charge in [0.05, 0.1) is 0 Å². The van der Waals surface area contributed by atoms with E-state index in [9.17, 15) is 0 Å². The van der Waals surface area contributed by atoms with E-state index in [1.54, 1.807) is 0 Å². The number of aromatic amines is 1. The molecule has 20 heavy (non-hydrogen) atoms. The highest BCUT2D eigenvalue weighted by Gasteiger charge is 2.26. The maximum atomic E-state index is 6.02. The summed E-state index contributed by atoms with van der Waals surface area (Å²) in [6, 6.07) is 6.73. The van der Waals surface area contributed by atoms with Gasteiger partial charge in [0, 0.05) is 34.7 Å². The molecule has 0 bridgehead atoms. The quantitative estimate of drug-likeness (QED) is 0.828. The molecule has 0 radical (unpaired) electrons. The Balaban J connectivity index is 1.63. The van der Waals surface area contributed by atoms with Crippen LogP contribution in [-0.2, 0) is 6.54 Å². The van der Waals surface area contributed by atoms with E-state index in [0.29, 0.717) is 11.5 Å². The molecule has 2 nitrogen and oxygen atoms in total. The molecule has 1 aliphatic carbocycles. The van der Waals surface area contributed by atoms with Crippen molar-refractivity contribution in [2.45, 2.75) is 52.1 Å². The summed E-state index contributed by atoms with van der Waals surface area (Å²) in [6.45, 7) is 5.70. The van der Waals surface area contributed by atoms with Gasteiger partial charge < -0.3 is 10.3 Å². The number of fused-ring (bicyclic) bond motifs is 1. The van der Waals surface area contributed by atoms with E-state index in [-0.39, 0.29) is 0 Å². The second-order valence-corrected chi connectivity index (χ2v) is 7.26. The Kier molecular flexibility index (Phi) is 3.78. The van der Waals surface area contributed by atoms with Crippen LogP contribution in [-0.4, -0.2) is 11.0 Å². The molecule has 1 aliphatic rings. The minimum Gasteiger partial charge on any atom is -0.361 e. The Morgan fingerprint density at radius 3 is 2.80 bits per heavy atom. The summed E-state index contributed by atoms with van der Waals surface area (Å²) >= 11 is 6.02. The molecule has 3 rings (SSSR count). The summed E-state index contributed by atoms with van der Waals surface area (Å²) in [5.41, 5.74) is 3.00.